The molecule has 0 heterocycles. The molecule has 0 amide bonds. The Labute approximate surface area is 111 Å². The van der Waals surface area contributed by atoms with Gasteiger partial charge in [-0.2, -0.15) is 0 Å². The molecule has 0 aliphatic heterocycles. The first kappa shape index (κ1) is 12.7. The highest BCUT2D eigenvalue weighted by Gasteiger charge is 2.19. The van der Waals surface area contributed by atoms with Gasteiger partial charge < -0.3 is 16.2 Å². The molecule has 0 spiro atoms. The molecule has 0 radical (unpaired) electrons. The quantitative estimate of drug-likeness (QED) is 0.752. The van der Waals surface area contributed by atoms with E-state index in [1.807, 2.05) is 18.2 Å². The van der Waals surface area contributed by atoms with Crippen molar-refractivity contribution < 1.29 is 5.11 Å². The van der Waals surface area contributed by atoms with Gasteiger partial charge >= 0.3 is 0 Å². The summed E-state index contributed by atoms with van der Waals surface area (Å²) in [6, 6.07) is 5.85. The van der Waals surface area contributed by atoms with Gasteiger partial charge in [0.25, 0.3) is 0 Å². The molecule has 1 aromatic rings. The van der Waals surface area contributed by atoms with Crippen molar-refractivity contribution in [3.63, 3.8) is 0 Å². The van der Waals surface area contributed by atoms with E-state index in [4.69, 9.17) is 5.73 Å². The lowest BCUT2D eigenvalue weighted by Gasteiger charge is -2.26. The maximum atomic E-state index is 9.45. The summed E-state index contributed by atoms with van der Waals surface area (Å²) >= 11 is 3.44. The van der Waals surface area contributed by atoms with Gasteiger partial charge in [0.15, 0.2) is 0 Å². The molecule has 1 aliphatic carbocycles. The standard InChI is InChI=1S/C13H19BrN2O/c14-10-3-6-12(15)13(7-10)16-8-9-1-4-11(17)5-2-9/h3,6-7,9,11,16-17H,1-2,4-5,8,15H2. The van der Waals surface area contributed by atoms with Crippen LogP contribution < -0.4 is 11.1 Å². The van der Waals surface area contributed by atoms with Crippen molar-refractivity contribution in [2.75, 3.05) is 17.6 Å². The summed E-state index contributed by atoms with van der Waals surface area (Å²) in [4.78, 5) is 0. The van der Waals surface area contributed by atoms with E-state index in [2.05, 4.69) is 21.2 Å². The molecule has 0 bridgehead atoms. The van der Waals surface area contributed by atoms with E-state index < -0.39 is 0 Å². The Morgan fingerprint density at radius 3 is 2.71 bits per heavy atom. The van der Waals surface area contributed by atoms with Crippen LogP contribution in [-0.2, 0) is 0 Å². The monoisotopic (exact) mass is 298 g/mol. The first-order valence-electron chi connectivity index (χ1n) is 6.12. The van der Waals surface area contributed by atoms with E-state index in [-0.39, 0.29) is 6.10 Å². The zero-order valence-corrected chi connectivity index (χ0v) is 11.4. The highest BCUT2D eigenvalue weighted by Crippen LogP contribution is 2.27. The second-order valence-electron chi connectivity index (χ2n) is 4.79. The molecular formula is C13H19BrN2O. The molecule has 2 rings (SSSR count). The Bertz CT molecular complexity index is 376. The van der Waals surface area contributed by atoms with Crippen LogP contribution in [0.2, 0.25) is 0 Å². The third-order valence-corrected chi connectivity index (χ3v) is 3.91. The lowest BCUT2D eigenvalue weighted by Crippen LogP contribution is -2.23. The number of benzene rings is 1. The Balaban J connectivity index is 1.87. The van der Waals surface area contributed by atoms with Crippen LogP contribution in [0.15, 0.2) is 22.7 Å². The van der Waals surface area contributed by atoms with Crippen molar-refractivity contribution in [3.05, 3.63) is 22.7 Å². The third-order valence-electron chi connectivity index (χ3n) is 3.41. The first-order chi connectivity index (χ1) is 8.15. The summed E-state index contributed by atoms with van der Waals surface area (Å²) in [7, 11) is 0. The smallest absolute Gasteiger partial charge is 0.0585 e. The van der Waals surface area contributed by atoms with Crippen molar-refractivity contribution >= 4 is 27.3 Å². The maximum Gasteiger partial charge on any atom is 0.0585 e. The number of rotatable bonds is 3. The third kappa shape index (κ3) is 3.61. The number of nitrogen functional groups attached to an aromatic ring is 1. The molecule has 94 valence electrons. The minimum Gasteiger partial charge on any atom is -0.397 e. The molecule has 3 nitrogen and oxygen atoms in total. The van der Waals surface area contributed by atoms with Crippen LogP contribution >= 0.6 is 15.9 Å². The molecule has 17 heavy (non-hydrogen) atoms. The molecule has 1 aliphatic rings. The largest absolute Gasteiger partial charge is 0.397 e. The van der Waals surface area contributed by atoms with Crippen molar-refractivity contribution in [3.8, 4) is 0 Å². The number of anilines is 2. The summed E-state index contributed by atoms with van der Waals surface area (Å²) in [5, 5.41) is 12.8. The molecular weight excluding hydrogens is 280 g/mol. The van der Waals surface area contributed by atoms with Gasteiger partial charge in [-0.1, -0.05) is 15.9 Å². The van der Waals surface area contributed by atoms with E-state index in [0.29, 0.717) is 5.92 Å². The number of aliphatic hydroxyl groups excluding tert-OH is 1. The Morgan fingerprint density at radius 2 is 2.00 bits per heavy atom. The second-order valence-corrected chi connectivity index (χ2v) is 5.70. The SMILES string of the molecule is Nc1ccc(Br)cc1NCC1CCC(O)CC1. The number of nitrogens with two attached hydrogens (primary N) is 1. The number of nitrogens with one attached hydrogen (secondary N) is 1. The Hall–Kier alpha value is -0.740. The van der Waals surface area contributed by atoms with E-state index in [1.165, 1.54) is 0 Å². The summed E-state index contributed by atoms with van der Waals surface area (Å²) in [5.74, 6) is 0.650. The highest BCUT2D eigenvalue weighted by atomic mass is 79.9. The lowest BCUT2D eigenvalue weighted by molar-refractivity contribution is 0.111. The van der Waals surface area contributed by atoms with Crippen molar-refractivity contribution in [2.24, 2.45) is 5.92 Å². The molecule has 1 saturated carbocycles. The summed E-state index contributed by atoms with van der Waals surface area (Å²) < 4.78 is 1.04. The molecule has 0 unspecified atom stereocenters. The fraction of sp³-hybridized carbons (Fsp3) is 0.538. The number of aliphatic hydroxyl groups is 1. The van der Waals surface area contributed by atoms with E-state index in [0.717, 1.165) is 48.1 Å². The summed E-state index contributed by atoms with van der Waals surface area (Å²) in [6.45, 7) is 0.938. The predicted octanol–water partition coefficient (Wildman–Crippen LogP) is 2.99. The van der Waals surface area contributed by atoms with Crippen LogP contribution in [0.4, 0.5) is 11.4 Å². The number of hydrogen-bond acceptors (Lipinski definition) is 3. The molecule has 1 fully saturated rings. The molecule has 4 heteroatoms. The van der Waals surface area contributed by atoms with E-state index in [1.54, 1.807) is 0 Å². The van der Waals surface area contributed by atoms with Crippen molar-refractivity contribution in [2.45, 2.75) is 31.8 Å². The van der Waals surface area contributed by atoms with Gasteiger partial charge in [-0.15, -0.1) is 0 Å². The maximum absolute atomic E-state index is 9.45. The highest BCUT2D eigenvalue weighted by molar-refractivity contribution is 9.10. The summed E-state index contributed by atoms with van der Waals surface area (Å²) in [6.07, 6.45) is 3.98. The fourth-order valence-electron chi connectivity index (χ4n) is 2.28. The van der Waals surface area contributed by atoms with Crippen LogP contribution in [0.25, 0.3) is 0 Å². The Kier molecular flexibility index (Phi) is 4.29. The fourth-order valence-corrected chi connectivity index (χ4v) is 2.65. The summed E-state index contributed by atoms with van der Waals surface area (Å²) in [5.41, 5.74) is 7.68. The van der Waals surface area contributed by atoms with E-state index in [9.17, 15) is 5.11 Å². The van der Waals surface area contributed by atoms with Gasteiger partial charge in [-0.05, 0) is 49.8 Å². The van der Waals surface area contributed by atoms with Gasteiger partial charge in [0, 0.05) is 11.0 Å². The average molecular weight is 299 g/mol. The topological polar surface area (TPSA) is 58.3 Å². The van der Waals surface area contributed by atoms with Crippen LogP contribution in [0.3, 0.4) is 0 Å². The predicted molar refractivity (Wildman–Crippen MR) is 75.0 cm³/mol. The van der Waals surface area contributed by atoms with Gasteiger partial charge in [-0.25, -0.2) is 0 Å². The molecule has 0 aromatic heterocycles. The number of hydrogen-bond donors (Lipinski definition) is 3. The Morgan fingerprint density at radius 1 is 1.29 bits per heavy atom. The zero-order valence-electron chi connectivity index (χ0n) is 9.82. The van der Waals surface area contributed by atoms with Gasteiger partial charge in [0.05, 0.1) is 17.5 Å². The normalized spacial score (nSPS) is 24.6. The van der Waals surface area contributed by atoms with Gasteiger partial charge in [0.1, 0.15) is 0 Å². The number of halogens is 1. The molecule has 0 atom stereocenters. The molecule has 4 N–H and O–H groups in total. The van der Waals surface area contributed by atoms with Crippen LogP contribution in [0, 0.1) is 5.92 Å². The minimum atomic E-state index is -0.0813. The van der Waals surface area contributed by atoms with Crippen LogP contribution in [-0.4, -0.2) is 17.8 Å². The first-order valence-corrected chi connectivity index (χ1v) is 6.91. The van der Waals surface area contributed by atoms with E-state index >= 15 is 0 Å². The lowest BCUT2D eigenvalue weighted by atomic mass is 9.87. The van der Waals surface area contributed by atoms with Crippen molar-refractivity contribution in [1.82, 2.24) is 0 Å². The van der Waals surface area contributed by atoms with Crippen LogP contribution in [0.1, 0.15) is 25.7 Å². The average Bonchev–Trinajstić information content (AvgIpc) is 2.32. The van der Waals surface area contributed by atoms with Gasteiger partial charge in [0.2, 0.25) is 0 Å². The van der Waals surface area contributed by atoms with Crippen LogP contribution in [0.5, 0.6) is 0 Å². The van der Waals surface area contributed by atoms with Crippen molar-refractivity contribution in [1.29, 1.82) is 0 Å². The van der Waals surface area contributed by atoms with Gasteiger partial charge in [-0.3, -0.25) is 0 Å². The second kappa shape index (κ2) is 5.74. The molecule has 1 aromatic carbocycles. The molecule has 0 saturated heterocycles. The minimum absolute atomic E-state index is 0.0813. The zero-order chi connectivity index (χ0) is 12.3.